The van der Waals surface area contributed by atoms with Gasteiger partial charge < -0.3 is 9.67 Å². The topological polar surface area (TPSA) is 38.0 Å². The van der Waals surface area contributed by atoms with Gasteiger partial charge in [0.15, 0.2) is 0 Å². The number of hydrogen-bond donors (Lipinski definition) is 1. The van der Waals surface area contributed by atoms with Gasteiger partial charge in [-0.2, -0.15) is 0 Å². The van der Waals surface area contributed by atoms with E-state index in [1.807, 2.05) is 11.5 Å². The highest BCUT2D eigenvalue weighted by molar-refractivity contribution is 5.32. The first kappa shape index (κ1) is 12.8. The van der Waals surface area contributed by atoms with Gasteiger partial charge in [0.05, 0.1) is 0 Å². The van der Waals surface area contributed by atoms with Gasteiger partial charge in [-0.1, -0.05) is 12.1 Å². The van der Waals surface area contributed by atoms with Gasteiger partial charge in [-0.25, -0.2) is 9.37 Å². The molecule has 1 aromatic heterocycles. The third kappa shape index (κ3) is 2.04. The first-order valence-corrected chi connectivity index (χ1v) is 5.97. The molecular formula is C14H17FN2O. The summed E-state index contributed by atoms with van der Waals surface area (Å²) in [5.41, 5.74) is -0.228. The van der Waals surface area contributed by atoms with Crippen LogP contribution in [0, 0.1) is 12.7 Å². The molecule has 0 aliphatic heterocycles. The highest BCUT2D eigenvalue weighted by Gasteiger charge is 2.30. The minimum atomic E-state index is -1.30. The predicted octanol–water partition coefficient (Wildman–Crippen LogP) is 2.61. The molecule has 0 fully saturated rings. The minimum Gasteiger partial charge on any atom is -0.377 e. The Balaban J connectivity index is 2.50. The lowest BCUT2D eigenvalue weighted by molar-refractivity contribution is 0.0878. The summed E-state index contributed by atoms with van der Waals surface area (Å²) < 4.78 is 15.4. The van der Waals surface area contributed by atoms with Crippen LogP contribution in [-0.2, 0) is 12.1 Å². The Labute approximate surface area is 106 Å². The Hall–Kier alpha value is -1.68. The van der Waals surface area contributed by atoms with E-state index in [-0.39, 0.29) is 5.82 Å². The zero-order valence-corrected chi connectivity index (χ0v) is 10.8. The fourth-order valence-electron chi connectivity index (χ4n) is 2.01. The normalized spacial score (nSPS) is 14.5. The summed E-state index contributed by atoms with van der Waals surface area (Å²) in [5, 5.41) is 10.6. The molecule has 18 heavy (non-hydrogen) atoms. The largest absolute Gasteiger partial charge is 0.377 e. The zero-order valence-electron chi connectivity index (χ0n) is 10.8. The van der Waals surface area contributed by atoms with E-state index in [1.54, 1.807) is 38.4 Å². The highest BCUT2D eigenvalue weighted by Crippen LogP contribution is 2.28. The number of imidazole rings is 1. The molecule has 1 aromatic carbocycles. The summed E-state index contributed by atoms with van der Waals surface area (Å²) >= 11 is 0. The molecule has 3 nitrogen and oxygen atoms in total. The Bertz CT molecular complexity index is 561. The third-order valence-corrected chi connectivity index (χ3v) is 3.23. The molecule has 2 rings (SSSR count). The molecule has 0 radical (unpaired) electrons. The number of aliphatic hydroxyl groups is 1. The van der Waals surface area contributed by atoms with E-state index in [0.717, 1.165) is 0 Å². The maximum atomic E-state index is 13.6. The van der Waals surface area contributed by atoms with Crippen molar-refractivity contribution in [3.63, 3.8) is 0 Å². The van der Waals surface area contributed by atoms with Crippen LogP contribution >= 0.6 is 0 Å². The number of halogens is 1. The Morgan fingerprint density at radius 1 is 1.44 bits per heavy atom. The molecule has 0 spiro atoms. The first-order valence-electron chi connectivity index (χ1n) is 5.97. The van der Waals surface area contributed by atoms with Gasteiger partial charge in [-0.3, -0.25) is 0 Å². The van der Waals surface area contributed by atoms with Crippen LogP contribution in [0.25, 0.3) is 0 Å². The maximum Gasteiger partial charge on any atom is 0.145 e. The van der Waals surface area contributed by atoms with Crippen LogP contribution in [0.1, 0.15) is 30.8 Å². The standard InChI is InChI=1S/C14H17FN2O/c1-4-17-8-7-16-13(17)14(3,18)11-6-5-10(2)12(15)9-11/h5-9,18H,4H2,1-3H3. The number of nitrogens with zero attached hydrogens (tertiary/aromatic N) is 2. The van der Waals surface area contributed by atoms with Crippen molar-refractivity contribution in [1.29, 1.82) is 0 Å². The van der Waals surface area contributed by atoms with E-state index in [0.29, 0.717) is 23.5 Å². The van der Waals surface area contributed by atoms with Crippen molar-refractivity contribution >= 4 is 0 Å². The number of benzene rings is 1. The number of hydrogen-bond acceptors (Lipinski definition) is 2. The van der Waals surface area contributed by atoms with Gasteiger partial charge in [0.2, 0.25) is 0 Å². The van der Waals surface area contributed by atoms with Gasteiger partial charge in [0.25, 0.3) is 0 Å². The van der Waals surface area contributed by atoms with E-state index in [2.05, 4.69) is 4.98 Å². The van der Waals surface area contributed by atoms with Crippen LogP contribution < -0.4 is 0 Å². The zero-order chi connectivity index (χ0) is 13.3. The van der Waals surface area contributed by atoms with Crippen molar-refractivity contribution in [2.75, 3.05) is 0 Å². The summed E-state index contributed by atoms with van der Waals surface area (Å²) in [7, 11) is 0. The van der Waals surface area contributed by atoms with Crippen molar-refractivity contribution in [2.45, 2.75) is 32.9 Å². The van der Waals surface area contributed by atoms with Gasteiger partial charge in [-0.05, 0) is 38.0 Å². The molecule has 1 atom stereocenters. The first-order chi connectivity index (χ1) is 8.46. The molecule has 1 unspecified atom stereocenters. The molecule has 0 aliphatic rings. The molecule has 0 bridgehead atoms. The third-order valence-electron chi connectivity index (χ3n) is 3.23. The summed E-state index contributed by atoms with van der Waals surface area (Å²) in [5.74, 6) is 0.204. The fourth-order valence-corrected chi connectivity index (χ4v) is 2.01. The fraction of sp³-hybridized carbons (Fsp3) is 0.357. The molecule has 1 heterocycles. The lowest BCUT2D eigenvalue weighted by atomic mass is 9.94. The van der Waals surface area contributed by atoms with Crippen LogP contribution in [0.2, 0.25) is 0 Å². The van der Waals surface area contributed by atoms with Crippen LogP contribution in [0.15, 0.2) is 30.6 Å². The monoisotopic (exact) mass is 248 g/mol. The van der Waals surface area contributed by atoms with Crippen molar-refractivity contribution < 1.29 is 9.50 Å². The number of aryl methyl sites for hydroxylation is 2. The second-order valence-electron chi connectivity index (χ2n) is 4.57. The van der Waals surface area contributed by atoms with Crippen molar-refractivity contribution in [2.24, 2.45) is 0 Å². The molecule has 1 N–H and O–H groups in total. The highest BCUT2D eigenvalue weighted by atomic mass is 19.1. The van der Waals surface area contributed by atoms with Gasteiger partial charge in [0, 0.05) is 18.9 Å². The van der Waals surface area contributed by atoms with E-state index in [9.17, 15) is 9.50 Å². The van der Waals surface area contributed by atoms with Crippen LogP contribution in [0.4, 0.5) is 4.39 Å². The molecule has 2 aromatic rings. The summed E-state index contributed by atoms with van der Waals surface area (Å²) in [6, 6.07) is 4.76. The molecule has 0 saturated carbocycles. The lowest BCUT2D eigenvalue weighted by Crippen LogP contribution is -2.27. The smallest absolute Gasteiger partial charge is 0.145 e. The second-order valence-corrected chi connectivity index (χ2v) is 4.57. The van der Waals surface area contributed by atoms with E-state index in [4.69, 9.17) is 0 Å². The number of aromatic nitrogens is 2. The summed E-state index contributed by atoms with van der Waals surface area (Å²) in [4.78, 5) is 4.18. The van der Waals surface area contributed by atoms with E-state index < -0.39 is 5.60 Å². The molecule has 4 heteroatoms. The van der Waals surface area contributed by atoms with Crippen LogP contribution in [0.3, 0.4) is 0 Å². The molecule has 96 valence electrons. The summed E-state index contributed by atoms with van der Waals surface area (Å²) in [6.45, 7) is 6.00. The van der Waals surface area contributed by atoms with Crippen molar-refractivity contribution in [3.05, 3.63) is 53.4 Å². The quantitative estimate of drug-likeness (QED) is 0.906. The Morgan fingerprint density at radius 2 is 2.17 bits per heavy atom. The number of rotatable bonds is 3. The van der Waals surface area contributed by atoms with Gasteiger partial charge >= 0.3 is 0 Å². The van der Waals surface area contributed by atoms with E-state index >= 15 is 0 Å². The average Bonchev–Trinajstić information content (AvgIpc) is 2.81. The molecular weight excluding hydrogens is 231 g/mol. The lowest BCUT2D eigenvalue weighted by Gasteiger charge is -2.24. The SMILES string of the molecule is CCn1ccnc1C(C)(O)c1ccc(C)c(F)c1. The maximum absolute atomic E-state index is 13.6. The predicted molar refractivity (Wildman–Crippen MR) is 67.7 cm³/mol. The van der Waals surface area contributed by atoms with Crippen LogP contribution in [0.5, 0.6) is 0 Å². The minimum absolute atomic E-state index is 0.317. The van der Waals surface area contributed by atoms with Gasteiger partial charge in [0.1, 0.15) is 17.2 Å². The van der Waals surface area contributed by atoms with Crippen molar-refractivity contribution in [3.8, 4) is 0 Å². The van der Waals surface area contributed by atoms with Gasteiger partial charge in [-0.15, -0.1) is 0 Å². The molecule has 0 aliphatic carbocycles. The summed E-state index contributed by atoms with van der Waals surface area (Å²) in [6.07, 6.45) is 3.44. The Kier molecular flexibility index (Phi) is 3.22. The van der Waals surface area contributed by atoms with Crippen molar-refractivity contribution in [1.82, 2.24) is 9.55 Å². The molecule has 0 saturated heterocycles. The Morgan fingerprint density at radius 3 is 2.78 bits per heavy atom. The van der Waals surface area contributed by atoms with E-state index in [1.165, 1.54) is 6.07 Å². The van der Waals surface area contributed by atoms with Crippen LogP contribution in [-0.4, -0.2) is 14.7 Å². The second kappa shape index (κ2) is 4.53. The average molecular weight is 248 g/mol. The molecule has 0 amide bonds.